The topological polar surface area (TPSA) is 189 Å². The van der Waals surface area contributed by atoms with Gasteiger partial charge in [0.05, 0.1) is 4.92 Å². The molecule has 6 N–H and O–H groups in total. The molecule has 1 aromatic carbocycles. The Morgan fingerprint density at radius 2 is 1.89 bits per heavy atom. The number of rotatable bonds is 2. The van der Waals surface area contributed by atoms with Crippen molar-refractivity contribution < 1.29 is 20.3 Å². The van der Waals surface area contributed by atoms with E-state index in [1.54, 1.807) is 0 Å². The highest BCUT2D eigenvalue weighted by Crippen LogP contribution is 2.28. The third-order valence-corrected chi connectivity index (χ3v) is 1.45. The number of nitrogens with one attached hydrogen (secondary N) is 2. The Morgan fingerprint density at radius 1 is 1.39 bits per heavy atom. The monoisotopic (exact) mass is 259 g/mol. The summed E-state index contributed by atoms with van der Waals surface area (Å²) in [6, 6.07) is 3.63. The maximum absolute atomic E-state index is 10.4. The van der Waals surface area contributed by atoms with E-state index in [1.807, 2.05) is 0 Å². The molecule has 0 radical (unpaired) electrons. The first kappa shape index (κ1) is 14.9. The van der Waals surface area contributed by atoms with Crippen LogP contribution in [0.1, 0.15) is 0 Å². The Morgan fingerprint density at radius 3 is 2.28 bits per heavy atom. The van der Waals surface area contributed by atoms with Crippen molar-refractivity contribution in [1.29, 1.82) is 5.41 Å². The van der Waals surface area contributed by atoms with Gasteiger partial charge in [-0.15, -0.1) is 10.1 Å². The molecule has 0 aliphatic heterocycles. The number of hydrogen-bond acceptors (Lipinski definition) is 6. The summed E-state index contributed by atoms with van der Waals surface area (Å²) in [4.78, 5) is 18.0. The molecular weight excluding hydrogens is 250 g/mol. The van der Waals surface area contributed by atoms with Crippen LogP contribution in [-0.2, 0) is 0 Å². The molecular formula is C7H9N5O6. The van der Waals surface area contributed by atoms with Gasteiger partial charge in [-0.25, -0.2) is 0 Å². The number of hydrogen-bond donors (Lipinski definition) is 5. The highest BCUT2D eigenvalue weighted by atomic mass is 16.9. The molecule has 0 saturated carbocycles. The summed E-state index contributed by atoms with van der Waals surface area (Å²) in [5.41, 5.74) is 4.87. The van der Waals surface area contributed by atoms with Gasteiger partial charge >= 0.3 is 5.69 Å². The average molecular weight is 259 g/mol. The van der Waals surface area contributed by atoms with Crippen molar-refractivity contribution in [3.63, 3.8) is 0 Å². The number of anilines is 1. The van der Waals surface area contributed by atoms with Crippen molar-refractivity contribution in [3.8, 4) is 5.75 Å². The van der Waals surface area contributed by atoms with Crippen molar-refractivity contribution in [3.05, 3.63) is 38.4 Å². The van der Waals surface area contributed by atoms with Crippen LogP contribution in [0.4, 0.5) is 11.4 Å². The summed E-state index contributed by atoms with van der Waals surface area (Å²) < 4.78 is 0. The van der Waals surface area contributed by atoms with Crippen LogP contribution in [0.5, 0.6) is 5.75 Å². The van der Waals surface area contributed by atoms with Crippen LogP contribution in [0, 0.1) is 25.6 Å². The Labute approximate surface area is 99.2 Å². The van der Waals surface area contributed by atoms with E-state index < -0.39 is 21.4 Å². The van der Waals surface area contributed by atoms with E-state index in [1.165, 1.54) is 6.07 Å². The minimum absolute atomic E-state index is 0.280. The number of guanidine groups is 1. The normalized spacial score (nSPS) is 8.67. The molecule has 11 heteroatoms. The molecule has 0 aromatic heterocycles. The van der Waals surface area contributed by atoms with Gasteiger partial charge in [-0.1, -0.05) is 0 Å². The van der Waals surface area contributed by atoms with Crippen molar-refractivity contribution in [2.24, 2.45) is 5.73 Å². The standard InChI is InChI=1S/C7H8N4O3.HNO3/c8-7(9)10-4-1-2-6(12)5(3-4)11(13)14;2-1(3)4/h1-3,12H,(H4,8,9,10);(H,2,3,4). The Bertz CT molecular complexity index is 471. The second kappa shape index (κ2) is 6.47. The molecule has 0 aliphatic carbocycles. The number of nitro benzene ring substituents is 1. The summed E-state index contributed by atoms with van der Waals surface area (Å²) >= 11 is 0. The molecule has 0 unspecified atom stereocenters. The number of nitrogens with zero attached hydrogens (tertiary/aromatic N) is 2. The number of nitrogens with two attached hydrogens (primary N) is 1. The molecule has 0 atom stereocenters. The number of aromatic hydroxyl groups is 1. The van der Waals surface area contributed by atoms with Gasteiger partial charge in [-0.3, -0.25) is 15.5 Å². The van der Waals surface area contributed by atoms with E-state index in [0.29, 0.717) is 0 Å². The van der Waals surface area contributed by atoms with Gasteiger partial charge in [-0.05, 0) is 12.1 Å². The zero-order valence-corrected chi connectivity index (χ0v) is 8.73. The first-order valence-corrected chi connectivity index (χ1v) is 4.15. The minimum Gasteiger partial charge on any atom is -0.502 e. The van der Waals surface area contributed by atoms with E-state index in [-0.39, 0.29) is 11.6 Å². The number of benzene rings is 1. The van der Waals surface area contributed by atoms with Crippen LogP contribution in [0.15, 0.2) is 18.2 Å². The van der Waals surface area contributed by atoms with Crippen molar-refractivity contribution in [2.45, 2.75) is 0 Å². The van der Waals surface area contributed by atoms with E-state index in [9.17, 15) is 10.1 Å². The van der Waals surface area contributed by atoms with E-state index in [4.69, 9.17) is 31.6 Å². The Hall–Kier alpha value is -3.11. The lowest BCUT2D eigenvalue weighted by Crippen LogP contribution is -2.20. The molecule has 1 rings (SSSR count). The zero-order valence-electron chi connectivity index (χ0n) is 8.73. The van der Waals surface area contributed by atoms with Crippen molar-refractivity contribution in [1.82, 2.24) is 0 Å². The molecule has 0 bridgehead atoms. The molecule has 11 nitrogen and oxygen atoms in total. The first-order chi connectivity index (χ1) is 8.23. The maximum atomic E-state index is 10.4. The quantitative estimate of drug-likeness (QED) is 0.164. The van der Waals surface area contributed by atoms with E-state index in [0.717, 1.165) is 12.1 Å². The third-order valence-electron chi connectivity index (χ3n) is 1.45. The van der Waals surface area contributed by atoms with Gasteiger partial charge < -0.3 is 21.4 Å². The van der Waals surface area contributed by atoms with Gasteiger partial charge in [-0.2, -0.15) is 0 Å². The van der Waals surface area contributed by atoms with Crippen LogP contribution < -0.4 is 11.1 Å². The average Bonchev–Trinajstić information content (AvgIpc) is 2.19. The van der Waals surface area contributed by atoms with Crippen LogP contribution in [0.3, 0.4) is 0 Å². The van der Waals surface area contributed by atoms with E-state index in [2.05, 4.69) is 5.32 Å². The molecule has 0 spiro atoms. The molecule has 0 amide bonds. The Balaban J connectivity index is 0.000000631. The van der Waals surface area contributed by atoms with Crippen LogP contribution >= 0.6 is 0 Å². The lowest BCUT2D eigenvalue weighted by Gasteiger charge is -2.03. The van der Waals surface area contributed by atoms with Gasteiger partial charge in [0, 0.05) is 11.8 Å². The van der Waals surface area contributed by atoms with Gasteiger partial charge in [0.1, 0.15) is 0 Å². The molecule has 0 aliphatic rings. The SMILES string of the molecule is N=C(N)Nc1ccc(O)c([N+](=O)[O-])c1.O=[N+]([O-])O. The fourth-order valence-corrected chi connectivity index (χ4v) is 0.903. The van der Waals surface area contributed by atoms with Crippen LogP contribution in [0.25, 0.3) is 0 Å². The summed E-state index contributed by atoms with van der Waals surface area (Å²) in [7, 11) is 0. The number of nitro groups is 1. The maximum Gasteiger partial charge on any atom is 0.312 e. The summed E-state index contributed by atoms with van der Waals surface area (Å²) in [5.74, 6) is -0.755. The highest BCUT2D eigenvalue weighted by molar-refractivity contribution is 5.90. The van der Waals surface area contributed by atoms with Crippen LogP contribution in [0.2, 0.25) is 0 Å². The predicted molar refractivity (Wildman–Crippen MR) is 59.1 cm³/mol. The molecule has 0 heterocycles. The second-order valence-corrected chi connectivity index (χ2v) is 2.74. The predicted octanol–water partition coefficient (Wildman–Crippen LogP) is 0.258. The van der Waals surface area contributed by atoms with Crippen LogP contribution in [-0.4, -0.2) is 26.3 Å². The highest BCUT2D eigenvalue weighted by Gasteiger charge is 2.13. The number of phenols is 1. The molecule has 0 fully saturated rings. The smallest absolute Gasteiger partial charge is 0.312 e. The zero-order chi connectivity index (χ0) is 14.3. The molecule has 0 saturated heterocycles. The summed E-state index contributed by atoms with van der Waals surface area (Å²) in [5, 5.41) is 42.4. The lowest BCUT2D eigenvalue weighted by molar-refractivity contribution is -0.742. The molecule has 1 aromatic rings. The van der Waals surface area contributed by atoms with Gasteiger partial charge in [0.15, 0.2) is 11.7 Å². The van der Waals surface area contributed by atoms with Crippen molar-refractivity contribution in [2.75, 3.05) is 5.32 Å². The lowest BCUT2D eigenvalue weighted by atomic mass is 10.2. The minimum atomic E-state index is -1.50. The molecule has 18 heavy (non-hydrogen) atoms. The van der Waals surface area contributed by atoms with Crippen molar-refractivity contribution >= 4 is 17.3 Å². The van der Waals surface area contributed by atoms with Gasteiger partial charge in [0.2, 0.25) is 0 Å². The number of phenolic OH excluding ortho intramolecular Hbond substituents is 1. The van der Waals surface area contributed by atoms with Gasteiger partial charge in [0.25, 0.3) is 5.09 Å². The summed E-state index contributed by atoms with van der Waals surface area (Å²) in [6.07, 6.45) is 0. The first-order valence-electron chi connectivity index (χ1n) is 4.15. The largest absolute Gasteiger partial charge is 0.502 e. The Kier molecular flexibility index (Phi) is 5.35. The molecule has 98 valence electrons. The second-order valence-electron chi connectivity index (χ2n) is 2.74. The summed E-state index contributed by atoms with van der Waals surface area (Å²) in [6.45, 7) is 0. The third kappa shape index (κ3) is 5.69. The fraction of sp³-hybridized carbons (Fsp3) is 0. The fourth-order valence-electron chi connectivity index (χ4n) is 0.903. The van der Waals surface area contributed by atoms with E-state index >= 15 is 0 Å².